The Kier molecular flexibility index (Phi) is 5.88. The van der Waals surface area contributed by atoms with Gasteiger partial charge in [-0.25, -0.2) is 14.4 Å². The van der Waals surface area contributed by atoms with E-state index in [2.05, 4.69) is 15.3 Å². The number of thiophene rings is 1. The van der Waals surface area contributed by atoms with Crippen LogP contribution < -0.4 is 5.32 Å². The Morgan fingerprint density at radius 3 is 2.97 bits per heavy atom. The molecule has 1 aliphatic heterocycles. The van der Waals surface area contributed by atoms with Crippen LogP contribution in [0.1, 0.15) is 16.0 Å². The van der Waals surface area contributed by atoms with Crippen LogP contribution >= 0.6 is 11.3 Å². The van der Waals surface area contributed by atoms with E-state index < -0.39 is 5.82 Å². The summed E-state index contributed by atoms with van der Waals surface area (Å²) in [7, 11) is 3.91. The molecule has 7 nitrogen and oxygen atoms in total. The summed E-state index contributed by atoms with van der Waals surface area (Å²) in [6.45, 7) is 3.46. The van der Waals surface area contributed by atoms with Gasteiger partial charge in [0, 0.05) is 30.1 Å². The normalized spacial score (nSPS) is 13.9. The molecule has 162 valence electrons. The van der Waals surface area contributed by atoms with Gasteiger partial charge >= 0.3 is 0 Å². The Bertz CT molecular complexity index is 1170. The van der Waals surface area contributed by atoms with Gasteiger partial charge in [-0.3, -0.25) is 4.79 Å². The number of aromatic nitrogens is 2. The van der Waals surface area contributed by atoms with Gasteiger partial charge in [-0.15, -0.1) is 11.3 Å². The predicted octanol–water partition coefficient (Wildman–Crippen LogP) is 3.59. The second kappa shape index (κ2) is 8.60. The molecule has 9 heteroatoms. The summed E-state index contributed by atoms with van der Waals surface area (Å²) >= 11 is 1.52. The van der Waals surface area contributed by atoms with E-state index in [9.17, 15) is 14.3 Å². The number of aromatic hydroxyl groups is 1. The number of halogens is 1. The number of aryl methyl sites for hydroxylation is 1. The van der Waals surface area contributed by atoms with Gasteiger partial charge < -0.3 is 20.2 Å². The van der Waals surface area contributed by atoms with Crippen LogP contribution in [0.25, 0.3) is 10.2 Å². The third-order valence-electron chi connectivity index (χ3n) is 5.22. The number of likely N-dealkylation sites (N-methyl/N-ethyl adjacent to an activating group) is 1. The van der Waals surface area contributed by atoms with Crippen molar-refractivity contribution in [2.45, 2.75) is 19.9 Å². The SMILES string of the molecule is Cc1cc(F)c(Nc2ncnc3sc4c(c23)CCN(C(=O)C=CCN(C)C)C4)cc1O. The first kappa shape index (κ1) is 21.2. The van der Waals surface area contributed by atoms with Gasteiger partial charge in [-0.2, -0.15) is 0 Å². The lowest BCUT2D eigenvalue weighted by molar-refractivity contribution is -0.126. The van der Waals surface area contributed by atoms with Crippen LogP contribution in [0.4, 0.5) is 15.9 Å². The van der Waals surface area contributed by atoms with Crippen LogP contribution in [-0.2, 0) is 17.8 Å². The summed E-state index contributed by atoms with van der Waals surface area (Å²) in [5.74, 6) is 0.0346. The van der Waals surface area contributed by atoms with E-state index >= 15 is 0 Å². The minimum Gasteiger partial charge on any atom is -0.508 e. The highest BCUT2D eigenvalue weighted by atomic mass is 32.1. The zero-order valence-electron chi connectivity index (χ0n) is 17.6. The molecule has 0 atom stereocenters. The average molecular weight is 442 g/mol. The minimum atomic E-state index is -0.465. The fraction of sp³-hybridized carbons (Fsp3) is 0.318. The van der Waals surface area contributed by atoms with Gasteiger partial charge in [0.05, 0.1) is 17.6 Å². The van der Waals surface area contributed by atoms with E-state index in [-0.39, 0.29) is 17.3 Å². The average Bonchev–Trinajstić information content (AvgIpc) is 3.10. The van der Waals surface area contributed by atoms with E-state index in [0.29, 0.717) is 37.4 Å². The molecule has 1 aliphatic rings. The van der Waals surface area contributed by atoms with Crippen LogP contribution in [0.15, 0.2) is 30.6 Å². The first-order chi connectivity index (χ1) is 14.8. The molecule has 0 unspecified atom stereocenters. The van der Waals surface area contributed by atoms with E-state index in [1.807, 2.05) is 30.0 Å². The first-order valence-electron chi connectivity index (χ1n) is 9.95. The van der Waals surface area contributed by atoms with Crippen molar-refractivity contribution in [2.24, 2.45) is 0 Å². The highest BCUT2D eigenvalue weighted by Gasteiger charge is 2.25. The summed E-state index contributed by atoms with van der Waals surface area (Å²) < 4.78 is 14.4. The number of fused-ring (bicyclic) bond motifs is 3. The molecule has 0 fully saturated rings. The largest absolute Gasteiger partial charge is 0.508 e. The van der Waals surface area contributed by atoms with E-state index in [1.165, 1.54) is 29.8 Å². The zero-order valence-corrected chi connectivity index (χ0v) is 18.5. The van der Waals surface area contributed by atoms with Crippen molar-refractivity contribution in [3.05, 3.63) is 52.4 Å². The number of nitrogens with zero attached hydrogens (tertiary/aromatic N) is 4. The van der Waals surface area contributed by atoms with Crippen molar-refractivity contribution in [1.82, 2.24) is 19.8 Å². The number of rotatable bonds is 5. The fourth-order valence-corrected chi connectivity index (χ4v) is 4.77. The van der Waals surface area contributed by atoms with E-state index in [4.69, 9.17) is 0 Å². The molecule has 4 rings (SSSR count). The Balaban J connectivity index is 1.62. The fourth-order valence-electron chi connectivity index (χ4n) is 3.57. The molecular formula is C22H24FN5O2S. The van der Waals surface area contributed by atoms with Gasteiger partial charge in [-0.05, 0) is 44.6 Å². The summed E-state index contributed by atoms with van der Waals surface area (Å²) in [6.07, 6.45) is 5.59. The second-order valence-electron chi connectivity index (χ2n) is 7.82. The Labute approximate surface area is 183 Å². The minimum absolute atomic E-state index is 0.00779. The molecular weight excluding hydrogens is 417 g/mol. The molecule has 0 bridgehead atoms. The molecule has 1 aromatic carbocycles. The van der Waals surface area contributed by atoms with Gasteiger partial charge in [0.25, 0.3) is 0 Å². The lowest BCUT2D eigenvalue weighted by Gasteiger charge is -2.26. The molecule has 2 N–H and O–H groups in total. The van der Waals surface area contributed by atoms with Crippen molar-refractivity contribution in [3.63, 3.8) is 0 Å². The monoisotopic (exact) mass is 441 g/mol. The Hall–Kier alpha value is -3.04. The molecule has 0 saturated heterocycles. The molecule has 31 heavy (non-hydrogen) atoms. The van der Waals surface area contributed by atoms with Gasteiger partial charge in [0.15, 0.2) is 0 Å². The number of phenolic OH excluding ortho intramolecular Hbond substituents is 1. The van der Waals surface area contributed by atoms with Gasteiger partial charge in [0.2, 0.25) is 5.91 Å². The van der Waals surface area contributed by atoms with Crippen LogP contribution in [0.5, 0.6) is 5.75 Å². The van der Waals surface area contributed by atoms with E-state index in [1.54, 1.807) is 13.0 Å². The number of carbonyl (C=O) groups excluding carboxylic acids is 1. The number of amides is 1. The maximum atomic E-state index is 14.4. The predicted molar refractivity (Wildman–Crippen MR) is 120 cm³/mol. The molecule has 0 aliphatic carbocycles. The summed E-state index contributed by atoms with van der Waals surface area (Å²) in [5, 5.41) is 13.8. The lowest BCUT2D eigenvalue weighted by Crippen LogP contribution is -2.34. The number of phenols is 1. The summed E-state index contributed by atoms with van der Waals surface area (Å²) in [6, 6.07) is 2.64. The highest BCUT2D eigenvalue weighted by Crippen LogP contribution is 2.38. The van der Waals surface area contributed by atoms with Crippen molar-refractivity contribution in [3.8, 4) is 5.75 Å². The lowest BCUT2D eigenvalue weighted by atomic mass is 10.0. The quantitative estimate of drug-likeness (QED) is 0.589. The van der Waals surface area contributed by atoms with Crippen LogP contribution in [0, 0.1) is 12.7 Å². The number of hydrogen-bond donors (Lipinski definition) is 2. The molecule has 2 aromatic heterocycles. The number of hydrogen-bond acceptors (Lipinski definition) is 7. The number of anilines is 2. The van der Waals surface area contributed by atoms with E-state index in [0.717, 1.165) is 20.7 Å². The van der Waals surface area contributed by atoms with Crippen LogP contribution in [0.2, 0.25) is 0 Å². The summed E-state index contributed by atoms with van der Waals surface area (Å²) in [4.78, 5) is 26.9. The topological polar surface area (TPSA) is 81.6 Å². The molecule has 0 saturated carbocycles. The molecule has 3 aromatic rings. The third kappa shape index (κ3) is 4.38. The van der Waals surface area contributed by atoms with Gasteiger partial charge in [0.1, 0.15) is 28.5 Å². The van der Waals surface area contributed by atoms with Crippen molar-refractivity contribution in [1.29, 1.82) is 0 Å². The number of nitrogens with one attached hydrogen (secondary N) is 1. The maximum Gasteiger partial charge on any atom is 0.246 e. The second-order valence-corrected chi connectivity index (χ2v) is 8.91. The van der Waals surface area contributed by atoms with Crippen LogP contribution in [-0.4, -0.2) is 58.0 Å². The van der Waals surface area contributed by atoms with Crippen molar-refractivity contribution < 1.29 is 14.3 Å². The Morgan fingerprint density at radius 1 is 1.39 bits per heavy atom. The first-order valence-corrected chi connectivity index (χ1v) is 10.8. The highest BCUT2D eigenvalue weighted by molar-refractivity contribution is 7.19. The smallest absolute Gasteiger partial charge is 0.246 e. The Morgan fingerprint density at radius 2 is 2.19 bits per heavy atom. The van der Waals surface area contributed by atoms with Crippen molar-refractivity contribution >= 4 is 39.0 Å². The standard InChI is InChI=1S/C22H24FN5O2S/c1-13-9-15(23)16(10-17(13)29)26-21-20-14-6-8-28(19(30)5-4-7-27(2)3)11-18(14)31-22(20)25-12-24-21/h4-5,9-10,12,29H,6-8,11H2,1-3H3,(H,24,25,26). The molecule has 0 radical (unpaired) electrons. The number of benzene rings is 1. The van der Waals surface area contributed by atoms with Crippen molar-refractivity contribution in [2.75, 3.05) is 32.5 Å². The third-order valence-corrected chi connectivity index (χ3v) is 6.34. The summed E-state index contributed by atoms with van der Waals surface area (Å²) in [5.41, 5.74) is 1.70. The van der Waals surface area contributed by atoms with Crippen LogP contribution in [0.3, 0.4) is 0 Å². The number of carbonyl (C=O) groups is 1. The molecule has 0 spiro atoms. The maximum absolute atomic E-state index is 14.4. The molecule has 3 heterocycles. The molecule has 1 amide bonds. The van der Waals surface area contributed by atoms with Gasteiger partial charge in [-0.1, -0.05) is 6.08 Å². The zero-order chi connectivity index (χ0) is 22.1.